The van der Waals surface area contributed by atoms with E-state index in [4.69, 9.17) is 16.0 Å². The molecule has 0 fully saturated rings. The number of rotatable bonds is 2. The molecule has 3 aromatic rings. The average Bonchev–Trinajstić information content (AvgIpc) is 2.84. The van der Waals surface area contributed by atoms with E-state index in [1.54, 1.807) is 36.4 Å². The number of hydrogen-bond acceptors (Lipinski definition) is 2. The van der Waals surface area contributed by atoms with Crippen LogP contribution >= 0.6 is 27.5 Å². The number of hydrogen-bond donors (Lipinski definition) is 0. The summed E-state index contributed by atoms with van der Waals surface area (Å²) < 4.78 is 6.48. The van der Waals surface area contributed by atoms with Gasteiger partial charge in [0.2, 0.25) is 5.78 Å². The lowest BCUT2D eigenvalue weighted by molar-refractivity contribution is 0.101. The Hall–Kier alpha value is -1.58. The molecule has 0 N–H and O–H groups in total. The summed E-state index contributed by atoms with van der Waals surface area (Å²) in [6.07, 6.45) is 0. The Morgan fingerprint density at radius 3 is 2.53 bits per heavy atom. The summed E-state index contributed by atoms with van der Waals surface area (Å²) in [6, 6.07) is 14.2. The van der Waals surface area contributed by atoms with Gasteiger partial charge in [-0.2, -0.15) is 0 Å². The third-order valence-corrected chi connectivity index (χ3v) is 3.70. The number of benzene rings is 2. The highest BCUT2D eigenvalue weighted by molar-refractivity contribution is 9.10. The van der Waals surface area contributed by atoms with Crippen molar-refractivity contribution in [2.24, 2.45) is 0 Å². The lowest BCUT2D eigenvalue weighted by Crippen LogP contribution is -1.98. The molecule has 0 aliphatic carbocycles. The van der Waals surface area contributed by atoms with Gasteiger partial charge < -0.3 is 4.42 Å². The zero-order chi connectivity index (χ0) is 13.4. The van der Waals surface area contributed by atoms with Crippen molar-refractivity contribution in [1.82, 2.24) is 0 Å². The summed E-state index contributed by atoms with van der Waals surface area (Å²) in [5.74, 6) is 0.144. The Morgan fingerprint density at radius 1 is 1.11 bits per heavy atom. The Bertz CT molecular complexity index is 759. The molecule has 2 aromatic carbocycles. The molecule has 0 amide bonds. The summed E-state index contributed by atoms with van der Waals surface area (Å²) >= 11 is 9.40. The van der Waals surface area contributed by atoms with Crippen molar-refractivity contribution in [3.05, 3.63) is 69.3 Å². The maximum atomic E-state index is 12.3. The van der Waals surface area contributed by atoms with Crippen LogP contribution in [0.3, 0.4) is 0 Å². The minimum absolute atomic E-state index is 0.153. The van der Waals surface area contributed by atoms with Crippen LogP contribution in [0.4, 0.5) is 0 Å². The van der Waals surface area contributed by atoms with E-state index in [9.17, 15) is 4.79 Å². The van der Waals surface area contributed by atoms with Crippen LogP contribution in [-0.2, 0) is 0 Å². The van der Waals surface area contributed by atoms with Crippen LogP contribution < -0.4 is 0 Å². The van der Waals surface area contributed by atoms with Crippen LogP contribution in [0, 0.1) is 0 Å². The monoisotopic (exact) mass is 334 g/mol. The second kappa shape index (κ2) is 4.83. The average molecular weight is 336 g/mol. The fourth-order valence-electron chi connectivity index (χ4n) is 1.88. The highest BCUT2D eigenvalue weighted by atomic mass is 79.9. The fourth-order valence-corrected chi connectivity index (χ4v) is 2.37. The van der Waals surface area contributed by atoms with Gasteiger partial charge in [0, 0.05) is 15.4 Å². The predicted molar refractivity (Wildman–Crippen MR) is 78.8 cm³/mol. The molecule has 0 radical (unpaired) electrons. The van der Waals surface area contributed by atoms with Crippen LogP contribution in [0.25, 0.3) is 11.0 Å². The van der Waals surface area contributed by atoms with Crippen LogP contribution in [0.5, 0.6) is 0 Å². The van der Waals surface area contributed by atoms with Gasteiger partial charge in [-0.15, -0.1) is 0 Å². The first-order valence-electron chi connectivity index (χ1n) is 5.63. The largest absolute Gasteiger partial charge is 0.453 e. The SMILES string of the molecule is O=C(c1ccc(Br)cc1)c1cc2c(Cl)cccc2o1. The molecule has 3 rings (SSSR count). The molecule has 0 aliphatic heterocycles. The topological polar surface area (TPSA) is 30.2 Å². The molecule has 0 unspecified atom stereocenters. The second-order valence-corrected chi connectivity index (χ2v) is 5.42. The molecule has 0 saturated heterocycles. The third kappa shape index (κ3) is 2.31. The predicted octanol–water partition coefficient (Wildman–Crippen LogP) is 5.08. The molecule has 0 saturated carbocycles. The van der Waals surface area contributed by atoms with E-state index in [2.05, 4.69) is 15.9 Å². The van der Waals surface area contributed by atoms with Crippen molar-refractivity contribution in [2.75, 3.05) is 0 Å². The second-order valence-electron chi connectivity index (χ2n) is 4.10. The first-order chi connectivity index (χ1) is 9.15. The minimum atomic E-state index is -0.153. The van der Waals surface area contributed by atoms with Crippen LogP contribution in [-0.4, -0.2) is 5.78 Å². The van der Waals surface area contributed by atoms with Crippen molar-refractivity contribution in [2.45, 2.75) is 0 Å². The van der Waals surface area contributed by atoms with E-state index in [1.165, 1.54) is 0 Å². The van der Waals surface area contributed by atoms with E-state index in [1.807, 2.05) is 12.1 Å². The van der Waals surface area contributed by atoms with Crippen molar-refractivity contribution >= 4 is 44.3 Å². The summed E-state index contributed by atoms with van der Waals surface area (Å²) in [7, 11) is 0. The molecular formula is C15H8BrClO2. The summed E-state index contributed by atoms with van der Waals surface area (Å²) in [5.41, 5.74) is 1.20. The molecule has 0 atom stereocenters. The zero-order valence-electron chi connectivity index (χ0n) is 9.69. The Balaban J connectivity index is 2.06. The van der Waals surface area contributed by atoms with Gasteiger partial charge in [-0.1, -0.05) is 33.6 Å². The summed E-state index contributed by atoms with van der Waals surface area (Å²) in [4.78, 5) is 12.3. The smallest absolute Gasteiger partial charge is 0.228 e. The van der Waals surface area contributed by atoms with Crippen LogP contribution in [0.15, 0.2) is 57.4 Å². The van der Waals surface area contributed by atoms with Crippen LogP contribution in [0.2, 0.25) is 5.02 Å². The standard InChI is InChI=1S/C15H8BrClO2/c16-10-6-4-9(5-7-10)15(18)14-8-11-12(17)2-1-3-13(11)19-14/h1-8H. The number of fused-ring (bicyclic) bond motifs is 1. The van der Waals surface area contributed by atoms with Gasteiger partial charge in [0.05, 0.1) is 5.02 Å². The normalized spacial score (nSPS) is 10.8. The van der Waals surface area contributed by atoms with Crippen molar-refractivity contribution in [3.8, 4) is 0 Å². The van der Waals surface area contributed by atoms with Gasteiger partial charge in [-0.25, -0.2) is 0 Å². The fraction of sp³-hybridized carbons (Fsp3) is 0. The number of furan rings is 1. The number of ketones is 1. The molecule has 94 valence electrons. The van der Waals surface area contributed by atoms with Gasteiger partial charge in [0.1, 0.15) is 5.58 Å². The molecule has 0 aliphatic rings. The summed E-state index contributed by atoms with van der Waals surface area (Å²) in [6.45, 7) is 0. The van der Waals surface area contributed by atoms with Crippen LogP contribution in [0.1, 0.15) is 16.1 Å². The van der Waals surface area contributed by atoms with E-state index in [-0.39, 0.29) is 5.78 Å². The quantitative estimate of drug-likeness (QED) is 0.611. The van der Waals surface area contributed by atoms with E-state index < -0.39 is 0 Å². The van der Waals surface area contributed by atoms with Gasteiger partial charge in [0.15, 0.2) is 5.76 Å². The first kappa shape index (κ1) is 12.5. The Morgan fingerprint density at radius 2 is 1.84 bits per heavy atom. The first-order valence-corrected chi connectivity index (χ1v) is 6.80. The van der Waals surface area contributed by atoms with Gasteiger partial charge in [0.25, 0.3) is 0 Å². The molecule has 0 bridgehead atoms. The lowest BCUT2D eigenvalue weighted by Gasteiger charge is -1.97. The molecule has 1 heterocycles. The van der Waals surface area contributed by atoms with Crippen molar-refractivity contribution < 1.29 is 9.21 Å². The number of carbonyl (C=O) groups excluding carboxylic acids is 1. The molecule has 2 nitrogen and oxygen atoms in total. The Labute approximate surface area is 123 Å². The van der Waals surface area contributed by atoms with E-state index >= 15 is 0 Å². The minimum Gasteiger partial charge on any atom is -0.453 e. The lowest BCUT2D eigenvalue weighted by atomic mass is 10.1. The maximum Gasteiger partial charge on any atom is 0.228 e. The van der Waals surface area contributed by atoms with Crippen molar-refractivity contribution in [1.29, 1.82) is 0 Å². The maximum absolute atomic E-state index is 12.3. The van der Waals surface area contributed by atoms with Gasteiger partial charge in [-0.3, -0.25) is 4.79 Å². The van der Waals surface area contributed by atoms with Crippen molar-refractivity contribution in [3.63, 3.8) is 0 Å². The van der Waals surface area contributed by atoms with E-state index in [0.29, 0.717) is 21.9 Å². The molecule has 19 heavy (non-hydrogen) atoms. The molecular weight excluding hydrogens is 328 g/mol. The Kier molecular flexibility index (Phi) is 3.17. The molecule has 4 heteroatoms. The molecule has 1 aromatic heterocycles. The van der Waals surface area contributed by atoms with Gasteiger partial charge in [-0.05, 0) is 42.5 Å². The zero-order valence-corrected chi connectivity index (χ0v) is 12.0. The van der Waals surface area contributed by atoms with Gasteiger partial charge >= 0.3 is 0 Å². The highest BCUT2D eigenvalue weighted by Crippen LogP contribution is 2.27. The molecule has 0 spiro atoms. The highest BCUT2D eigenvalue weighted by Gasteiger charge is 2.15. The van der Waals surface area contributed by atoms with E-state index in [0.717, 1.165) is 9.86 Å². The number of halogens is 2. The summed E-state index contributed by atoms with van der Waals surface area (Å²) in [5, 5.41) is 1.33. The number of carbonyl (C=O) groups is 1. The third-order valence-electron chi connectivity index (χ3n) is 2.84.